The molecule has 0 aliphatic rings. The molecular formula is C23H18N4O5. The fraction of sp³-hybridized carbons (Fsp3) is 0.0870. The van der Waals surface area contributed by atoms with E-state index in [2.05, 4.69) is 10.5 Å². The first kappa shape index (κ1) is 22.0. The third kappa shape index (κ3) is 5.25. The van der Waals surface area contributed by atoms with Crippen LogP contribution in [0.4, 0.5) is 5.69 Å². The summed E-state index contributed by atoms with van der Waals surface area (Å²) in [6.07, 6.45) is 1.47. The van der Waals surface area contributed by atoms with E-state index < -0.39 is 10.8 Å². The van der Waals surface area contributed by atoms with E-state index in [1.54, 1.807) is 36.4 Å². The van der Waals surface area contributed by atoms with Crippen molar-refractivity contribution >= 4 is 17.8 Å². The molecule has 9 heteroatoms. The molecule has 9 nitrogen and oxygen atoms in total. The highest BCUT2D eigenvalue weighted by Gasteiger charge is 2.13. The van der Waals surface area contributed by atoms with Gasteiger partial charge in [0.25, 0.3) is 11.6 Å². The van der Waals surface area contributed by atoms with Gasteiger partial charge in [-0.05, 0) is 60.5 Å². The van der Waals surface area contributed by atoms with Crippen molar-refractivity contribution in [3.8, 4) is 23.3 Å². The molecule has 0 unspecified atom stereocenters. The van der Waals surface area contributed by atoms with E-state index in [0.717, 1.165) is 11.6 Å². The first-order valence-corrected chi connectivity index (χ1v) is 9.36. The van der Waals surface area contributed by atoms with Crippen molar-refractivity contribution in [1.82, 2.24) is 5.43 Å². The predicted molar refractivity (Wildman–Crippen MR) is 117 cm³/mol. The molecule has 3 aromatic carbocycles. The molecule has 0 saturated heterocycles. The summed E-state index contributed by atoms with van der Waals surface area (Å²) in [7, 11) is 1.49. The van der Waals surface area contributed by atoms with Crippen LogP contribution < -0.4 is 14.9 Å². The predicted octanol–water partition coefficient (Wildman–Crippen LogP) is 4.34. The molecule has 3 rings (SSSR count). The minimum Gasteiger partial charge on any atom is -0.496 e. The molecule has 3 aromatic rings. The van der Waals surface area contributed by atoms with Crippen molar-refractivity contribution in [3.63, 3.8) is 0 Å². The zero-order chi connectivity index (χ0) is 23.1. The summed E-state index contributed by atoms with van der Waals surface area (Å²) in [5.41, 5.74) is 4.35. The van der Waals surface area contributed by atoms with Gasteiger partial charge in [-0.25, -0.2) is 5.43 Å². The molecule has 0 aliphatic heterocycles. The van der Waals surface area contributed by atoms with Gasteiger partial charge in [0, 0.05) is 12.1 Å². The number of methoxy groups -OCH3 is 1. The number of ether oxygens (including phenoxy) is 2. The van der Waals surface area contributed by atoms with Crippen LogP contribution in [0.1, 0.15) is 27.0 Å². The molecule has 0 aliphatic carbocycles. The Bertz CT molecular complexity index is 1230. The van der Waals surface area contributed by atoms with Gasteiger partial charge in [-0.15, -0.1) is 0 Å². The van der Waals surface area contributed by atoms with Gasteiger partial charge in [0.15, 0.2) is 0 Å². The molecular weight excluding hydrogens is 412 g/mol. The Hall–Kier alpha value is -4.71. The van der Waals surface area contributed by atoms with Gasteiger partial charge in [-0.3, -0.25) is 14.9 Å². The number of nitriles is 1. The van der Waals surface area contributed by atoms with E-state index in [9.17, 15) is 20.2 Å². The Balaban J connectivity index is 1.65. The number of hydrazone groups is 1. The number of nitrogens with one attached hydrogen (secondary N) is 1. The molecule has 0 radical (unpaired) electrons. The van der Waals surface area contributed by atoms with Crippen molar-refractivity contribution in [3.05, 3.63) is 93.0 Å². The number of amides is 1. The SMILES string of the molecule is COc1cc(C)ccc1C(=O)N/N=C\c1ccc(Oc2ccc([N+](=O)[O-])cc2C#N)cc1. The van der Waals surface area contributed by atoms with Crippen LogP contribution in [-0.2, 0) is 0 Å². The average Bonchev–Trinajstić information content (AvgIpc) is 2.80. The van der Waals surface area contributed by atoms with E-state index in [1.807, 2.05) is 19.1 Å². The van der Waals surface area contributed by atoms with Crippen molar-refractivity contribution in [2.75, 3.05) is 7.11 Å². The van der Waals surface area contributed by atoms with E-state index in [1.165, 1.54) is 25.5 Å². The second-order valence-electron chi connectivity index (χ2n) is 6.62. The summed E-state index contributed by atoms with van der Waals surface area (Å²) in [6.45, 7) is 1.90. The van der Waals surface area contributed by atoms with Crippen LogP contribution in [0.2, 0.25) is 0 Å². The van der Waals surface area contributed by atoms with Gasteiger partial charge < -0.3 is 9.47 Å². The topological polar surface area (TPSA) is 127 Å². The number of aryl methyl sites for hydroxylation is 1. The monoisotopic (exact) mass is 430 g/mol. The standard InChI is InChI=1S/C23H18N4O5/c1-15-3-9-20(22(11-15)31-2)23(28)26-25-14-16-4-7-19(8-5-16)32-21-10-6-18(27(29)30)12-17(21)13-24/h3-12,14H,1-2H3,(H,26,28)/b25-14-. The number of hydrogen-bond donors (Lipinski definition) is 1. The minimum atomic E-state index is -0.577. The number of nitrogens with zero attached hydrogens (tertiary/aromatic N) is 3. The number of rotatable bonds is 7. The molecule has 0 spiro atoms. The highest BCUT2D eigenvalue weighted by molar-refractivity contribution is 5.97. The third-order valence-electron chi connectivity index (χ3n) is 4.38. The molecule has 1 N–H and O–H groups in total. The third-order valence-corrected chi connectivity index (χ3v) is 4.38. The zero-order valence-corrected chi connectivity index (χ0v) is 17.2. The molecule has 0 atom stereocenters. The van der Waals surface area contributed by atoms with Crippen molar-refractivity contribution < 1.29 is 19.2 Å². The van der Waals surface area contributed by atoms with Crippen LogP contribution in [0.3, 0.4) is 0 Å². The van der Waals surface area contributed by atoms with Gasteiger partial charge in [0.05, 0.1) is 23.8 Å². The summed E-state index contributed by atoms with van der Waals surface area (Å²) < 4.78 is 10.9. The molecule has 0 heterocycles. The number of non-ortho nitro benzene ring substituents is 1. The first-order valence-electron chi connectivity index (χ1n) is 9.36. The number of hydrogen-bond acceptors (Lipinski definition) is 7. The molecule has 0 bridgehead atoms. The lowest BCUT2D eigenvalue weighted by molar-refractivity contribution is -0.384. The Morgan fingerprint density at radius 3 is 2.53 bits per heavy atom. The molecule has 0 saturated carbocycles. The molecule has 0 aromatic heterocycles. The second-order valence-corrected chi connectivity index (χ2v) is 6.62. The van der Waals surface area contributed by atoms with E-state index >= 15 is 0 Å². The van der Waals surface area contributed by atoms with Gasteiger partial charge in [-0.1, -0.05) is 6.07 Å². The van der Waals surface area contributed by atoms with Crippen molar-refractivity contribution in [1.29, 1.82) is 5.26 Å². The van der Waals surface area contributed by atoms with Crippen LogP contribution in [0.5, 0.6) is 17.2 Å². The number of carbonyl (C=O) groups is 1. The summed E-state index contributed by atoms with van der Waals surface area (Å²) in [6, 6.07) is 17.6. The normalized spacial score (nSPS) is 10.4. The van der Waals surface area contributed by atoms with E-state index in [0.29, 0.717) is 22.6 Å². The highest BCUT2D eigenvalue weighted by atomic mass is 16.6. The van der Waals surface area contributed by atoms with Gasteiger partial charge in [0.1, 0.15) is 28.9 Å². The molecule has 0 fully saturated rings. The van der Waals surface area contributed by atoms with Crippen molar-refractivity contribution in [2.24, 2.45) is 5.10 Å². The van der Waals surface area contributed by atoms with Gasteiger partial charge in [-0.2, -0.15) is 10.4 Å². The second kappa shape index (κ2) is 9.86. The summed E-state index contributed by atoms with van der Waals surface area (Å²) in [5, 5.41) is 24.0. The Morgan fingerprint density at radius 2 is 1.88 bits per heavy atom. The Labute approximate surface area is 183 Å². The smallest absolute Gasteiger partial charge is 0.275 e. The summed E-state index contributed by atoms with van der Waals surface area (Å²) >= 11 is 0. The fourth-order valence-corrected chi connectivity index (χ4v) is 2.77. The lowest BCUT2D eigenvalue weighted by Gasteiger charge is -2.08. The first-order chi connectivity index (χ1) is 15.4. The minimum absolute atomic E-state index is 0.0547. The molecule has 32 heavy (non-hydrogen) atoms. The van der Waals surface area contributed by atoms with Crippen LogP contribution in [0.15, 0.2) is 65.8 Å². The van der Waals surface area contributed by atoms with Gasteiger partial charge >= 0.3 is 0 Å². The maximum absolute atomic E-state index is 12.3. The maximum atomic E-state index is 12.3. The largest absolute Gasteiger partial charge is 0.496 e. The highest BCUT2D eigenvalue weighted by Crippen LogP contribution is 2.28. The van der Waals surface area contributed by atoms with Crippen LogP contribution in [0, 0.1) is 28.4 Å². The van der Waals surface area contributed by atoms with Crippen LogP contribution >= 0.6 is 0 Å². The van der Waals surface area contributed by atoms with Crippen molar-refractivity contribution in [2.45, 2.75) is 6.92 Å². The summed E-state index contributed by atoms with van der Waals surface area (Å²) in [4.78, 5) is 22.6. The maximum Gasteiger partial charge on any atom is 0.275 e. The fourth-order valence-electron chi connectivity index (χ4n) is 2.77. The summed E-state index contributed by atoms with van der Waals surface area (Å²) in [5.74, 6) is 0.696. The van der Waals surface area contributed by atoms with E-state index in [-0.39, 0.29) is 17.0 Å². The Morgan fingerprint density at radius 1 is 1.12 bits per heavy atom. The quantitative estimate of drug-likeness (QED) is 0.337. The number of nitro groups is 1. The zero-order valence-electron chi connectivity index (χ0n) is 17.2. The lowest BCUT2D eigenvalue weighted by Crippen LogP contribution is -2.18. The van der Waals surface area contributed by atoms with E-state index in [4.69, 9.17) is 9.47 Å². The average molecular weight is 430 g/mol. The Kier molecular flexibility index (Phi) is 6.78. The number of benzene rings is 3. The lowest BCUT2D eigenvalue weighted by atomic mass is 10.1. The van der Waals surface area contributed by atoms with Gasteiger partial charge in [0.2, 0.25) is 0 Å². The molecule has 160 valence electrons. The van der Waals surface area contributed by atoms with Crippen LogP contribution in [-0.4, -0.2) is 24.2 Å². The van der Waals surface area contributed by atoms with Crippen LogP contribution in [0.25, 0.3) is 0 Å². The molecule has 1 amide bonds. The number of nitro benzene ring substituents is 1. The number of carbonyl (C=O) groups excluding carboxylic acids is 1.